The zero-order chi connectivity index (χ0) is 17.3. The maximum atomic E-state index is 12.6. The van der Waals surface area contributed by atoms with Crippen LogP contribution in [0.15, 0.2) is 51.8 Å². The summed E-state index contributed by atoms with van der Waals surface area (Å²) in [7, 11) is -3.68. The van der Waals surface area contributed by atoms with Crippen LogP contribution in [0.25, 0.3) is 0 Å². The summed E-state index contributed by atoms with van der Waals surface area (Å²) in [6.45, 7) is 2.50. The summed E-state index contributed by atoms with van der Waals surface area (Å²) in [5, 5.41) is 0. The molecule has 3 rings (SSSR count). The molecule has 0 aromatic heterocycles. The molecule has 0 saturated carbocycles. The van der Waals surface area contributed by atoms with Crippen molar-refractivity contribution >= 4 is 43.2 Å². The topological polar surface area (TPSA) is 66.5 Å². The Morgan fingerprint density at radius 2 is 1.96 bits per heavy atom. The molecule has 2 aromatic rings. The average molecular weight is 409 g/mol. The number of amides is 1. The molecule has 0 bridgehead atoms. The highest BCUT2D eigenvalue weighted by atomic mass is 79.9. The van der Waals surface area contributed by atoms with Gasteiger partial charge in [0.25, 0.3) is 10.0 Å². The third-order valence-electron chi connectivity index (χ3n) is 3.92. The molecular weight excluding hydrogens is 392 g/mol. The van der Waals surface area contributed by atoms with Gasteiger partial charge in [0.1, 0.15) is 0 Å². The highest BCUT2D eigenvalue weighted by Crippen LogP contribution is 2.28. The first-order valence-electron chi connectivity index (χ1n) is 7.56. The van der Waals surface area contributed by atoms with E-state index in [0.717, 1.165) is 22.1 Å². The molecule has 0 atom stereocenters. The Bertz CT molecular complexity index is 896. The van der Waals surface area contributed by atoms with Crippen LogP contribution in [0, 0.1) is 6.92 Å². The summed E-state index contributed by atoms with van der Waals surface area (Å²) in [6, 6.07) is 11.8. The number of sulfonamides is 1. The van der Waals surface area contributed by atoms with Gasteiger partial charge in [0.05, 0.1) is 4.90 Å². The normalized spacial score (nSPS) is 14.9. The van der Waals surface area contributed by atoms with Crippen molar-refractivity contribution in [2.24, 2.45) is 0 Å². The van der Waals surface area contributed by atoms with Gasteiger partial charge < -0.3 is 4.90 Å². The Hall–Kier alpha value is -1.86. The number of rotatable bonds is 4. The lowest BCUT2D eigenvalue weighted by Crippen LogP contribution is -2.24. The minimum atomic E-state index is -3.68. The second-order valence-electron chi connectivity index (χ2n) is 5.71. The van der Waals surface area contributed by atoms with Crippen LogP contribution in [-0.2, 0) is 14.8 Å². The number of hydrogen-bond donors (Lipinski definition) is 1. The smallest absolute Gasteiger partial charge is 0.261 e. The van der Waals surface area contributed by atoms with Crippen molar-refractivity contribution in [2.75, 3.05) is 16.2 Å². The number of nitrogens with zero attached hydrogens (tertiary/aromatic N) is 1. The molecule has 1 fully saturated rings. The average Bonchev–Trinajstić information content (AvgIpc) is 2.92. The van der Waals surface area contributed by atoms with E-state index in [2.05, 4.69) is 20.7 Å². The minimum absolute atomic E-state index is 0.0842. The van der Waals surface area contributed by atoms with Crippen molar-refractivity contribution in [2.45, 2.75) is 24.7 Å². The zero-order valence-corrected chi connectivity index (χ0v) is 15.5. The molecule has 1 amide bonds. The third kappa shape index (κ3) is 3.47. The monoisotopic (exact) mass is 408 g/mol. The van der Waals surface area contributed by atoms with Gasteiger partial charge in [-0.05, 0) is 55.3 Å². The van der Waals surface area contributed by atoms with Crippen LogP contribution in [0.4, 0.5) is 11.4 Å². The van der Waals surface area contributed by atoms with Crippen molar-refractivity contribution < 1.29 is 13.2 Å². The SMILES string of the molecule is Cc1cc(S(=O)(=O)Nc2cccc(Br)c2)ccc1N1CCCC1=O. The van der Waals surface area contributed by atoms with Crippen LogP contribution in [0.2, 0.25) is 0 Å². The highest BCUT2D eigenvalue weighted by molar-refractivity contribution is 9.10. The van der Waals surface area contributed by atoms with E-state index >= 15 is 0 Å². The van der Waals surface area contributed by atoms with Gasteiger partial charge in [-0.1, -0.05) is 22.0 Å². The van der Waals surface area contributed by atoms with Crippen LogP contribution in [0.3, 0.4) is 0 Å². The Balaban J connectivity index is 1.89. The van der Waals surface area contributed by atoms with Crippen molar-refractivity contribution in [1.82, 2.24) is 0 Å². The number of aryl methyl sites for hydroxylation is 1. The van der Waals surface area contributed by atoms with E-state index in [1.807, 2.05) is 13.0 Å². The van der Waals surface area contributed by atoms with Crippen molar-refractivity contribution in [3.05, 3.63) is 52.5 Å². The number of benzene rings is 2. The molecule has 5 nitrogen and oxygen atoms in total. The summed E-state index contributed by atoms with van der Waals surface area (Å²) in [4.78, 5) is 13.8. The van der Waals surface area contributed by atoms with E-state index in [4.69, 9.17) is 0 Å². The third-order valence-corrected chi connectivity index (χ3v) is 5.79. The quantitative estimate of drug-likeness (QED) is 0.838. The maximum absolute atomic E-state index is 12.6. The lowest BCUT2D eigenvalue weighted by molar-refractivity contribution is -0.117. The number of nitrogens with one attached hydrogen (secondary N) is 1. The lowest BCUT2D eigenvalue weighted by Gasteiger charge is -2.19. The van der Waals surface area contributed by atoms with Crippen molar-refractivity contribution in [1.29, 1.82) is 0 Å². The van der Waals surface area contributed by atoms with Gasteiger partial charge in [-0.3, -0.25) is 9.52 Å². The summed E-state index contributed by atoms with van der Waals surface area (Å²) >= 11 is 3.32. The molecule has 1 aliphatic heterocycles. The molecule has 126 valence electrons. The van der Waals surface area contributed by atoms with Gasteiger partial charge in [-0.15, -0.1) is 0 Å². The highest BCUT2D eigenvalue weighted by Gasteiger charge is 2.24. The Morgan fingerprint density at radius 3 is 2.58 bits per heavy atom. The summed E-state index contributed by atoms with van der Waals surface area (Å²) in [5.74, 6) is 0.0842. The number of anilines is 2. The van der Waals surface area contributed by atoms with E-state index < -0.39 is 10.0 Å². The fraction of sp³-hybridized carbons (Fsp3) is 0.235. The Morgan fingerprint density at radius 1 is 1.17 bits per heavy atom. The van der Waals surface area contributed by atoms with Gasteiger partial charge in [0, 0.05) is 28.8 Å². The van der Waals surface area contributed by atoms with Gasteiger partial charge in [-0.2, -0.15) is 0 Å². The summed E-state index contributed by atoms with van der Waals surface area (Å²) in [5.41, 5.74) is 2.03. The molecule has 1 aliphatic rings. The number of hydrogen-bond acceptors (Lipinski definition) is 3. The lowest BCUT2D eigenvalue weighted by atomic mass is 10.2. The molecule has 7 heteroatoms. The first-order chi connectivity index (χ1) is 11.4. The van der Waals surface area contributed by atoms with E-state index in [0.29, 0.717) is 18.7 Å². The molecule has 1 saturated heterocycles. The number of carbonyl (C=O) groups is 1. The van der Waals surface area contributed by atoms with Crippen LogP contribution in [0.1, 0.15) is 18.4 Å². The van der Waals surface area contributed by atoms with Crippen molar-refractivity contribution in [3.63, 3.8) is 0 Å². The first-order valence-corrected chi connectivity index (χ1v) is 9.84. The summed E-state index contributed by atoms with van der Waals surface area (Å²) < 4.78 is 28.5. The number of carbonyl (C=O) groups excluding carboxylic acids is 1. The number of halogens is 1. The molecule has 24 heavy (non-hydrogen) atoms. The second kappa shape index (κ2) is 6.57. The largest absolute Gasteiger partial charge is 0.312 e. The van der Waals surface area contributed by atoms with E-state index in [1.165, 1.54) is 6.07 Å². The van der Waals surface area contributed by atoms with E-state index in [-0.39, 0.29) is 10.8 Å². The van der Waals surface area contributed by atoms with Crippen LogP contribution >= 0.6 is 15.9 Å². The second-order valence-corrected chi connectivity index (χ2v) is 8.31. The molecule has 1 heterocycles. The Kier molecular flexibility index (Phi) is 4.64. The van der Waals surface area contributed by atoms with Gasteiger partial charge in [0.2, 0.25) is 5.91 Å². The predicted octanol–water partition coefficient (Wildman–Crippen LogP) is 3.69. The van der Waals surface area contributed by atoms with Crippen LogP contribution < -0.4 is 9.62 Å². The van der Waals surface area contributed by atoms with Gasteiger partial charge in [-0.25, -0.2) is 8.42 Å². The van der Waals surface area contributed by atoms with Gasteiger partial charge in [0.15, 0.2) is 0 Å². The zero-order valence-electron chi connectivity index (χ0n) is 13.1. The van der Waals surface area contributed by atoms with Gasteiger partial charge >= 0.3 is 0 Å². The van der Waals surface area contributed by atoms with Crippen molar-refractivity contribution in [3.8, 4) is 0 Å². The standard InChI is InChI=1S/C17H17BrN2O3S/c1-12-10-15(7-8-16(12)20-9-3-6-17(20)21)24(22,23)19-14-5-2-4-13(18)11-14/h2,4-5,7-8,10-11,19H,3,6,9H2,1H3. The molecule has 0 spiro atoms. The fourth-order valence-corrected chi connectivity index (χ4v) is 4.30. The minimum Gasteiger partial charge on any atom is -0.312 e. The molecule has 0 unspecified atom stereocenters. The van der Waals surface area contributed by atoms with Crippen LogP contribution in [0.5, 0.6) is 0 Å². The summed E-state index contributed by atoms with van der Waals surface area (Å²) in [6.07, 6.45) is 1.38. The Labute approximate surface area is 149 Å². The van der Waals surface area contributed by atoms with E-state index in [9.17, 15) is 13.2 Å². The molecule has 0 radical (unpaired) electrons. The molecule has 0 aliphatic carbocycles. The van der Waals surface area contributed by atoms with Crippen LogP contribution in [-0.4, -0.2) is 20.9 Å². The predicted molar refractivity (Wildman–Crippen MR) is 97.7 cm³/mol. The van der Waals surface area contributed by atoms with E-state index in [1.54, 1.807) is 35.2 Å². The molecular formula is C17H17BrN2O3S. The maximum Gasteiger partial charge on any atom is 0.261 e. The molecule has 1 N–H and O–H groups in total. The fourth-order valence-electron chi connectivity index (χ4n) is 2.77. The first kappa shape index (κ1) is 17.0. The molecule has 2 aromatic carbocycles.